The minimum atomic E-state index is -5.08. The van der Waals surface area contributed by atoms with Crippen molar-refractivity contribution in [3.8, 4) is 0 Å². The molecule has 0 radical (unpaired) electrons. The van der Waals surface area contributed by atoms with E-state index in [0.29, 0.717) is 12.2 Å². The van der Waals surface area contributed by atoms with Gasteiger partial charge in [-0.25, -0.2) is 19.6 Å². The molecule has 4 rings (SSSR count). The van der Waals surface area contributed by atoms with Gasteiger partial charge < -0.3 is 24.5 Å². The van der Waals surface area contributed by atoms with E-state index in [1.165, 1.54) is 5.56 Å². The van der Waals surface area contributed by atoms with Crippen LogP contribution in [0.2, 0.25) is 0 Å². The van der Waals surface area contributed by atoms with Crippen molar-refractivity contribution in [2.45, 2.75) is 32.4 Å². The Labute approximate surface area is 221 Å². The van der Waals surface area contributed by atoms with Crippen LogP contribution in [0.3, 0.4) is 0 Å². The van der Waals surface area contributed by atoms with Crippen LogP contribution in [-0.2, 0) is 22.7 Å². The number of carbonyl (C=O) groups excluding carboxylic acids is 1. The number of aryl methyl sites for hydroxylation is 1. The van der Waals surface area contributed by atoms with Gasteiger partial charge in [0.2, 0.25) is 0 Å². The third-order valence-electron chi connectivity index (χ3n) is 4.72. The number of hydrogen-bond acceptors (Lipinski definition) is 5. The Kier molecular flexibility index (Phi) is 10.4. The predicted octanol–water partition coefficient (Wildman–Crippen LogP) is 4.08. The van der Waals surface area contributed by atoms with Gasteiger partial charge in [0.05, 0.1) is 6.54 Å². The number of amides is 1. The molecule has 0 bridgehead atoms. The zero-order valence-corrected chi connectivity index (χ0v) is 20.4. The minimum Gasteiger partial charge on any atom is -0.475 e. The quantitative estimate of drug-likeness (QED) is 0.306. The molecule has 0 saturated carbocycles. The number of nitrogens with one attached hydrogen (secondary N) is 1. The maximum absolute atomic E-state index is 12.4. The molecule has 0 spiro atoms. The van der Waals surface area contributed by atoms with E-state index in [-0.39, 0.29) is 5.91 Å². The van der Waals surface area contributed by atoms with E-state index in [1.807, 2.05) is 58.6 Å². The molecule has 0 atom stereocenters. The van der Waals surface area contributed by atoms with Crippen molar-refractivity contribution in [1.82, 2.24) is 24.3 Å². The summed E-state index contributed by atoms with van der Waals surface area (Å²) in [6, 6.07) is 14.0. The average molecular weight is 573 g/mol. The molecule has 1 amide bonds. The number of imidazole rings is 2. The number of halogens is 6. The Balaban J connectivity index is 0.000000333. The SMILES string of the molecule is Cc1ccc2nc(C(=O)NCc3nccn3Cc3ccccc3)cn2c1.O=C(O)C(F)(F)F.O=C(O)C(F)(F)F. The van der Waals surface area contributed by atoms with Gasteiger partial charge in [0, 0.05) is 31.3 Å². The Morgan fingerprint density at radius 1 is 0.900 bits per heavy atom. The number of nitrogens with zero attached hydrogens (tertiary/aromatic N) is 4. The topological polar surface area (TPSA) is 139 Å². The van der Waals surface area contributed by atoms with E-state index in [9.17, 15) is 31.1 Å². The van der Waals surface area contributed by atoms with Crippen molar-refractivity contribution in [2.24, 2.45) is 0 Å². The van der Waals surface area contributed by atoms with Crippen LogP contribution < -0.4 is 5.32 Å². The maximum atomic E-state index is 12.4. The number of alkyl halides is 6. The third-order valence-corrected chi connectivity index (χ3v) is 4.72. The third kappa shape index (κ3) is 9.77. The zero-order valence-electron chi connectivity index (χ0n) is 20.4. The number of aromatic nitrogens is 4. The van der Waals surface area contributed by atoms with Crippen LogP contribution in [0.4, 0.5) is 26.3 Å². The molecule has 0 aliphatic carbocycles. The van der Waals surface area contributed by atoms with E-state index in [0.717, 1.165) is 23.6 Å². The van der Waals surface area contributed by atoms with Crippen LogP contribution in [0, 0.1) is 6.92 Å². The number of rotatable bonds is 5. The van der Waals surface area contributed by atoms with Gasteiger partial charge in [0.15, 0.2) is 0 Å². The Morgan fingerprint density at radius 3 is 2.02 bits per heavy atom. The summed E-state index contributed by atoms with van der Waals surface area (Å²) in [5, 5.41) is 17.2. The molecule has 4 aromatic rings. The van der Waals surface area contributed by atoms with Crippen molar-refractivity contribution >= 4 is 23.5 Å². The lowest BCUT2D eigenvalue weighted by atomic mass is 10.2. The van der Waals surface area contributed by atoms with Crippen LogP contribution >= 0.6 is 0 Å². The van der Waals surface area contributed by atoms with Crippen LogP contribution in [0.1, 0.15) is 27.4 Å². The van der Waals surface area contributed by atoms with Gasteiger partial charge in [-0.15, -0.1) is 0 Å². The maximum Gasteiger partial charge on any atom is 0.490 e. The standard InChI is InChI=1S/C20H19N5O.2C2HF3O2/c1-15-7-8-18-23-17(14-25(18)12-15)20(26)22-11-19-21-9-10-24(19)13-16-5-3-2-4-6-16;2*3-2(4,5)1(6)7/h2-10,12,14H,11,13H2,1H3,(H,22,26);2*(H,6,7). The normalized spacial score (nSPS) is 11.1. The van der Waals surface area contributed by atoms with E-state index in [2.05, 4.69) is 27.4 Å². The summed E-state index contributed by atoms with van der Waals surface area (Å²) < 4.78 is 67.4. The van der Waals surface area contributed by atoms with Crippen LogP contribution in [0.5, 0.6) is 0 Å². The molecule has 0 aliphatic rings. The molecule has 1 aromatic carbocycles. The zero-order chi connectivity index (χ0) is 30.1. The monoisotopic (exact) mass is 573 g/mol. The highest BCUT2D eigenvalue weighted by molar-refractivity contribution is 5.92. The second-order valence-corrected chi connectivity index (χ2v) is 7.84. The van der Waals surface area contributed by atoms with Crippen molar-refractivity contribution in [3.05, 3.63) is 89.9 Å². The largest absolute Gasteiger partial charge is 0.490 e. The molecule has 3 heterocycles. The first kappa shape index (κ1) is 31.3. The van der Waals surface area contributed by atoms with Crippen LogP contribution in [0.25, 0.3) is 5.65 Å². The summed E-state index contributed by atoms with van der Waals surface area (Å²) in [6.07, 6.45) is -2.81. The van der Waals surface area contributed by atoms with Gasteiger partial charge in [-0.3, -0.25) is 4.79 Å². The summed E-state index contributed by atoms with van der Waals surface area (Å²) >= 11 is 0. The van der Waals surface area contributed by atoms with Crippen molar-refractivity contribution < 1.29 is 50.9 Å². The molecule has 3 aromatic heterocycles. The summed E-state index contributed by atoms with van der Waals surface area (Å²) in [6.45, 7) is 3.08. The lowest BCUT2D eigenvalue weighted by Crippen LogP contribution is -2.25. The number of aliphatic carboxylic acids is 2. The molecular formula is C24H21F6N5O5. The van der Waals surface area contributed by atoms with Crippen molar-refractivity contribution in [3.63, 3.8) is 0 Å². The number of carboxylic acid groups (broad SMARTS) is 2. The average Bonchev–Trinajstić information content (AvgIpc) is 3.49. The molecule has 0 saturated heterocycles. The Hall–Kier alpha value is -4.89. The van der Waals surface area contributed by atoms with Gasteiger partial charge in [0.25, 0.3) is 5.91 Å². The Morgan fingerprint density at radius 2 is 1.48 bits per heavy atom. The van der Waals surface area contributed by atoms with E-state index < -0.39 is 24.3 Å². The molecule has 3 N–H and O–H groups in total. The summed E-state index contributed by atoms with van der Waals surface area (Å²) in [7, 11) is 0. The van der Waals surface area contributed by atoms with Crippen LogP contribution in [-0.4, -0.2) is 59.3 Å². The molecule has 40 heavy (non-hydrogen) atoms. The fourth-order valence-electron chi connectivity index (χ4n) is 2.89. The van der Waals surface area contributed by atoms with E-state index in [4.69, 9.17) is 19.8 Å². The van der Waals surface area contributed by atoms with Crippen molar-refractivity contribution in [1.29, 1.82) is 0 Å². The van der Waals surface area contributed by atoms with Crippen molar-refractivity contribution in [2.75, 3.05) is 0 Å². The lowest BCUT2D eigenvalue weighted by molar-refractivity contribution is -0.193. The number of benzene rings is 1. The number of pyridine rings is 1. The summed E-state index contributed by atoms with van der Waals surface area (Å²) in [5.41, 5.74) is 3.46. The number of hydrogen-bond donors (Lipinski definition) is 3. The fourth-order valence-corrected chi connectivity index (χ4v) is 2.89. The van der Waals surface area contributed by atoms with E-state index >= 15 is 0 Å². The van der Waals surface area contributed by atoms with Gasteiger partial charge >= 0.3 is 24.3 Å². The number of carbonyl (C=O) groups is 3. The number of fused-ring (bicyclic) bond motifs is 1. The second-order valence-electron chi connectivity index (χ2n) is 7.84. The first-order valence-corrected chi connectivity index (χ1v) is 11.0. The number of carboxylic acids is 2. The molecule has 0 unspecified atom stereocenters. The highest BCUT2D eigenvalue weighted by atomic mass is 19.4. The van der Waals surface area contributed by atoms with Gasteiger partial charge in [-0.05, 0) is 24.1 Å². The summed E-state index contributed by atoms with van der Waals surface area (Å²) in [5.74, 6) is -4.91. The lowest BCUT2D eigenvalue weighted by Gasteiger charge is -2.08. The highest BCUT2D eigenvalue weighted by Gasteiger charge is 2.38. The van der Waals surface area contributed by atoms with Gasteiger partial charge in [-0.2, -0.15) is 26.3 Å². The highest BCUT2D eigenvalue weighted by Crippen LogP contribution is 2.14. The first-order chi connectivity index (χ1) is 18.6. The molecule has 10 nitrogen and oxygen atoms in total. The van der Waals surface area contributed by atoms with Gasteiger partial charge in [-0.1, -0.05) is 36.4 Å². The molecular weight excluding hydrogens is 552 g/mol. The predicted molar refractivity (Wildman–Crippen MR) is 126 cm³/mol. The van der Waals surface area contributed by atoms with E-state index in [1.54, 1.807) is 12.4 Å². The Bertz CT molecular complexity index is 1420. The molecule has 214 valence electrons. The molecule has 0 fully saturated rings. The van der Waals surface area contributed by atoms with Gasteiger partial charge in [0.1, 0.15) is 17.2 Å². The molecule has 0 aliphatic heterocycles. The first-order valence-electron chi connectivity index (χ1n) is 11.0. The fraction of sp³-hybridized carbons (Fsp3) is 0.208. The smallest absolute Gasteiger partial charge is 0.475 e. The molecule has 16 heteroatoms. The second kappa shape index (κ2) is 13.3. The summed E-state index contributed by atoms with van der Waals surface area (Å²) in [4.78, 5) is 39.0. The minimum absolute atomic E-state index is 0.208. The van der Waals surface area contributed by atoms with Crippen LogP contribution in [0.15, 0.2) is 67.3 Å².